The summed E-state index contributed by atoms with van der Waals surface area (Å²) in [5, 5.41) is 21.4. The molecule has 6 heterocycles. The van der Waals surface area contributed by atoms with Gasteiger partial charge in [-0.3, -0.25) is 38.4 Å². The van der Waals surface area contributed by atoms with E-state index in [0.717, 1.165) is 74.7 Å². The van der Waals surface area contributed by atoms with Gasteiger partial charge in [-0.25, -0.2) is 19.3 Å². The number of aromatic amines is 1. The van der Waals surface area contributed by atoms with Crippen LogP contribution < -0.4 is 26.0 Å². The van der Waals surface area contributed by atoms with Gasteiger partial charge in [0.25, 0.3) is 5.91 Å². The summed E-state index contributed by atoms with van der Waals surface area (Å²) in [6.45, 7) is 4.58. The summed E-state index contributed by atoms with van der Waals surface area (Å²) in [4.78, 5) is 87.1. The third kappa shape index (κ3) is 11.3. The third-order valence-electron chi connectivity index (χ3n) is 14.7. The van der Waals surface area contributed by atoms with Crippen LogP contribution in [-0.4, -0.2) is 145 Å². The van der Waals surface area contributed by atoms with Crippen molar-refractivity contribution in [3.8, 4) is 17.0 Å². The molecule has 3 atom stereocenters. The number of H-pyrrole nitrogens is 1. The molecule has 2 aliphatic heterocycles. The molecule has 4 amide bonds. The van der Waals surface area contributed by atoms with Crippen LogP contribution in [0, 0.1) is 11.7 Å². The lowest BCUT2D eigenvalue weighted by atomic mass is 9.83. The Bertz CT molecular complexity index is 3000. The number of likely N-dealkylation sites (tertiary alicyclic amines) is 1. The number of benzene rings is 2. The summed E-state index contributed by atoms with van der Waals surface area (Å²) in [6.07, 6.45) is 15.8. The van der Waals surface area contributed by atoms with Crippen molar-refractivity contribution >= 4 is 57.9 Å². The van der Waals surface area contributed by atoms with Crippen LogP contribution in [0.25, 0.3) is 16.9 Å². The monoisotopic (exact) mass is 1030 g/mol. The van der Waals surface area contributed by atoms with Crippen LogP contribution in [0.5, 0.6) is 5.75 Å². The zero-order valence-corrected chi connectivity index (χ0v) is 42.5. The van der Waals surface area contributed by atoms with Crippen molar-refractivity contribution in [3.05, 3.63) is 106 Å². The molecule has 0 spiro atoms. The van der Waals surface area contributed by atoms with Gasteiger partial charge in [0.05, 0.1) is 54.6 Å². The van der Waals surface area contributed by atoms with Gasteiger partial charge in [-0.15, -0.1) is 11.3 Å². The van der Waals surface area contributed by atoms with Gasteiger partial charge in [-0.05, 0) is 88.7 Å². The van der Waals surface area contributed by atoms with Crippen LogP contribution in [0.1, 0.15) is 114 Å². The minimum Gasteiger partial charge on any atom is -0.492 e. The number of nitrogens with one attached hydrogen (secondary N) is 5. The lowest BCUT2D eigenvalue weighted by Crippen LogP contribution is -2.55. The third-order valence-corrected chi connectivity index (χ3v) is 15.6. The molecule has 388 valence electrons. The maximum Gasteiger partial charge on any atom is 0.254 e. The highest BCUT2D eigenvalue weighted by molar-refractivity contribution is 7.10. The summed E-state index contributed by atoms with van der Waals surface area (Å²) in [5.41, 5.74) is 4.22. The predicted molar refractivity (Wildman–Crippen MR) is 276 cm³/mol. The summed E-state index contributed by atoms with van der Waals surface area (Å²) in [7, 11) is 1.73. The van der Waals surface area contributed by atoms with Gasteiger partial charge in [-0.2, -0.15) is 5.10 Å². The van der Waals surface area contributed by atoms with Crippen LogP contribution in [0.3, 0.4) is 0 Å². The number of amides is 4. The van der Waals surface area contributed by atoms with Crippen molar-refractivity contribution < 1.29 is 33.1 Å². The Morgan fingerprint density at radius 1 is 0.919 bits per heavy atom. The number of halogens is 1. The van der Waals surface area contributed by atoms with E-state index in [-0.39, 0.29) is 78.0 Å². The van der Waals surface area contributed by atoms with Gasteiger partial charge >= 0.3 is 0 Å². The number of rotatable bonds is 19. The Hall–Kier alpha value is -7.10. The summed E-state index contributed by atoms with van der Waals surface area (Å²) in [6, 6.07) is 9.92. The van der Waals surface area contributed by atoms with E-state index in [1.807, 2.05) is 20.4 Å². The molecule has 2 aliphatic carbocycles. The molecule has 0 radical (unpaired) electrons. The lowest BCUT2D eigenvalue weighted by molar-refractivity contribution is -0.139. The number of aromatic nitrogens is 6. The second kappa shape index (κ2) is 22.6. The van der Waals surface area contributed by atoms with Gasteiger partial charge in [-0.1, -0.05) is 31.4 Å². The second-order valence-corrected chi connectivity index (χ2v) is 20.6. The van der Waals surface area contributed by atoms with Crippen molar-refractivity contribution in [1.82, 2.24) is 60.2 Å². The van der Waals surface area contributed by atoms with E-state index >= 15 is 4.39 Å². The molecule has 74 heavy (non-hydrogen) atoms. The number of anilines is 2. The molecule has 4 aliphatic rings. The van der Waals surface area contributed by atoms with Crippen molar-refractivity contribution in [2.24, 2.45) is 5.92 Å². The maximum atomic E-state index is 15.7. The van der Waals surface area contributed by atoms with Gasteiger partial charge in [0.2, 0.25) is 23.5 Å². The zero-order valence-electron chi connectivity index (χ0n) is 41.6. The number of ketones is 1. The number of imidazole rings is 1. The van der Waals surface area contributed by atoms with E-state index in [0.29, 0.717) is 66.4 Å². The van der Waals surface area contributed by atoms with E-state index in [2.05, 4.69) is 36.4 Å². The Morgan fingerprint density at radius 2 is 1.74 bits per heavy atom. The Balaban J connectivity index is 0.670. The minimum atomic E-state index is -0.605. The lowest BCUT2D eigenvalue weighted by Gasteiger charge is -2.35. The molecule has 2 saturated carbocycles. The molecular weight excluding hydrogens is 966 g/mol. The first-order chi connectivity index (χ1) is 36.0. The van der Waals surface area contributed by atoms with Gasteiger partial charge in [0, 0.05) is 73.1 Å². The van der Waals surface area contributed by atoms with Gasteiger partial charge in [0.15, 0.2) is 11.5 Å². The average molecular weight is 1030 g/mol. The van der Waals surface area contributed by atoms with Crippen molar-refractivity contribution in [1.29, 1.82) is 0 Å². The van der Waals surface area contributed by atoms with Crippen molar-refractivity contribution in [2.75, 3.05) is 64.8 Å². The van der Waals surface area contributed by atoms with Gasteiger partial charge in [0.1, 0.15) is 34.9 Å². The molecule has 10 rings (SSSR count). The molecule has 2 saturated heterocycles. The quantitative estimate of drug-likeness (QED) is 0.0475. The molecule has 19 nitrogen and oxygen atoms in total. The molecule has 0 unspecified atom stereocenters. The first-order valence-corrected chi connectivity index (χ1v) is 26.6. The molecule has 4 fully saturated rings. The molecular formula is C53H62FN13O6S. The fourth-order valence-corrected chi connectivity index (χ4v) is 11.1. The maximum absolute atomic E-state index is 15.7. The summed E-state index contributed by atoms with van der Waals surface area (Å²) in [5.74, 6) is -0.319. The van der Waals surface area contributed by atoms with Crippen LogP contribution in [0.4, 0.5) is 15.9 Å². The number of hydrogen-bond acceptors (Lipinski definition) is 14. The number of thiazole rings is 1. The Morgan fingerprint density at radius 3 is 2.50 bits per heavy atom. The zero-order chi connectivity index (χ0) is 51.3. The van der Waals surface area contributed by atoms with E-state index in [1.54, 1.807) is 79.2 Å². The number of fused-ring (bicyclic) bond motifs is 1. The van der Waals surface area contributed by atoms with Crippen LogP contribution in [0.15, 0.2) is 72.6 Å². The molecule has 2 aromatic carbocycles. The fourth-order valence-electron chi connectivity index (χ4n) is 10.2. The summed E-state index contributed by atoms with van der Waals surface area (Å²) >= 11 is 1.37. The smallest absolute Gasteiger partial charge is 0.254 e. The van der Waals surface area contributed by atoms with Gasteiger partial charge < -0.3 is 35.8 Å². The van der Waals surface area contributed by atoms with Crippen LogP contribution in [-0.2, 0) is 14.4 Å². The van der Waals surface area contributed by atoms with E-state index in [4.69, 9.17) is 14.7 Å². The van der Waals surface area contributed by atoms with Crippen LogP contribution >= 0.6 is 11.3 Å². The predicted octanol–water partition coefficient (Wildman–Crippen LogP) is 5.86. The summed E-state index contributed by atoms with van der Waals surface area (Å²) < 4.78 is 23.6. The number of piperazine rings is 1. The van der Waals surface area contributed by atoms with Crippen molar-refractivity contribution in [3.63, 3.8) is 0 Å². The number of nitrogens with zero attached hydrogens (tertiary/aromatic N) is 8. The first kappa shape index (κ1) is 50.4. The van der Waals surface area contributed by atoms with Crippen LogP contribution in [0.2, 0.25) is 0 Å². The Labute approximate surface area is 432 Å². The topological polar surface area (TPSA) is 224 Å². The number of hydrogen-bond donors (Lipinski definition) is 5. The highest BCUT2D eigenvalue weighted by Gasteiger charge is 2.40. The highest BCUT2D eigenvalue weighted by Crippen LogP contribution is 2.41. The number of carbonyl (C=O) groups is 5. The van der Waals surface area contributed by atoms with E-state index in [9.17, 15) is 24.0 Å². The normalized spacial score (nSPS) is 18.3. The van der Waals surface area contributed by atoms with Crippen molar-refractivity contribution in [2.45, 2.75) is 88.8 Å². The fraction of sp³-hybridized carbons (Fsp3) is 0.453. The molecule has 6 aromatic rings. The highest BCUT2D eigenvalue weighted by atomic mass is 32.1. The first-order valence-electron chi connectivity index (χ1n) is 25.7. The largest absolute Gasteiger partial charge is 0.492 e. The molecule has 21 heteroatoms. The second-order valence-electron chi connectivity index (χ2n) is 19.7. The molecule has 0 bridgehead atoms. The Kier molecular flexibility index (Phi) is 15.4. The number of carbonyl (C=O) groups excluding carboxylic acids is 5. The molecule has 5 N–H and O–H groups in total. The average Bonchev–Trinajstić information content (AvgIpc) is 3.87. The number of ether oxygens (including phenoxy) is 1. The standard InChI is InChI=1S/C53H62FN13O6S/c1-32(55-2)50(70)63-46(34-8-4-3-5-9-34)53(72)66-18-7-12-43(66)51-62-42(31-74-51)47(69)35-10-6-11-38(24-35)73-23-17-56-45(68)30-64-19-21-65(22-20-64)52(71)36-15-16-40(39(54)25-36)60-48-49-57-28-44(37-26-58-59-27-37)67(49)29-41(61-48)33-13-14-33/h6,10-11,15-16,24-29,31-34,43,46,55H,3-5,7-9,12-14,17-23,30H2,1-2H3,(H,56,68)(H,58,59)(H,60,61)(H,63,70)/t32-,43-,46-/m0/s1. The molecule has 4 aromatic heterocycles. The SMILES string of the molecule is CN[C@@H](C)C(=O)N[C@H](C(=O)N1CCC[C@H]1c1nc(C(=O)c2cccc(OCCNC(=O)CN3CCN(C(=O)c4ccc(Nc5nc(C6CC6)cn6c(-c7cn[nH]c7)cnc56)c(F)c4)CC3)c2)cs1)C1CCCCC1. The van der Waals surface area contributed by atoms with E-state index < -0.39 is 17.9 Å². The number of likely N-dealkylation sites (N-methyl/N-ethyl adjacent to an activating group) is 1. The minimum absolute atomic E-state index is 0.0772. The van der Waals surface area contributed by atoms with E-state index in [1.165, 1.54) is 17.4 Å².